The van der Waals surface area contributed by atoms with Crippen molar-refractivity contribution >= 4 is 22.5 Å². The number of carbonyl (C=O) groups excluding carboxylic acids is 1. The number of allylic oxidation sites excluding steroid dienone is 3. The van der Waals surface area contributed by atoms with E-state index in [1.54, 1.807) is 73.7 Å². The average molecular weight is 358 g/mol. The van der Waals surface area contributed by atoms with Crippen LogP contribution in [0, 0.1) is 0 Å². The fourth-order valence-corrected chi connectivity index (χ4v) is 2.55. The van der Waals surface area contributed by atoms with Crippen LogP contribution in [0.25, 0.3) is 22.4 Å². The molecule has 1 heterocycles. The van der Waals surface area contributed by atoms with Crippen molar-refractivity contribution in [3.63, 3.8) is 0 Å². The van der Waals surface area contributed by atoms with Crippen molar-refractivity contribution in [1.82, 2.24) is 4.98 Å². The maximum absolute atomic E-state index is 12.4. The number of nitrogens with zero attached hydrogens (tertiary/aromatic N) is 1. The lowest BCUT2D eigenvalue weighted by atomic mass is 10.1. The van der Waals surface area contributed by atoms with Crippen molar-refractivity contribution in [3.05, 3.63) is 95.4 Å². The fourth-order valence-electron chi connectivity index (χ4n) is 2.55. The molecule has 0 atom stereocenters. The number of rotatable bonds is 5. The van der Waals surface area contributed by atoms with Crippen molar-refractivity contribution in [2.24, 2.45) is 0 Å². The molecule has 0 radical (unpaired) electrons. The Labute approximate surface area is 156 Å². The Morgan fingerprint density at radius 2 is 2.00 bits per heavy atom. The number of fused-ring (bicyclic) bond motifs is 1. The second-order valence-corrected chi connectivity index (χ2v) is 5.70. The van der Waals surface area contributed by atoms with Crippen LogP contribution in [0.4, 0.5) is 5.69 Å². The summed E-state index contributed by atoms with van der Waals surface area (Å²) in [5.41, 5.74) is 1.79. The first-order chi connectivity index (χ1) is 13.1. The summed E-state index contributed by atoms with van der Waals surface area (Å²) < 4.78 is 5.35. The maximum atomic E-state index is 12.4. The van der Waals surface area contributed by atoms with E-state index in [9.17, 15) is 9.59 Å². The van der Waals surface area contributed by atoms with Gasteiger partial charge in [0.05, 0.1) is 10.9 Å². The summed E-state index contributed by atoms with van der Waals surface area (Å²) in [6, 6.07) is 14.0. The van der Waals surface area contributed by atoms with Gasteiger partial charge in [0.1, 0.15) is 0 Å². The molecule has 5 nitrogen and oxygen atoms in total. The zero-order valence-corrected chi connectivity index (χ0v) is 14.8. The van der Waals surface area contributed by atoms with Gasteiger partial charge >= 0.3 is 5.63 Å². The highest BCUT2D eigenvalue weighted by Crippen LogP contribution is 2.22. The van der Waals surface area contributed by atoms with Crippen LogP contribution in [0.5, 0.6) is 0 Å². The van der Waals surface area contributed by atoms with E-state index in [-0.39, 0.29) is 11.8 Å². The molecule has 0 unspecified atom stereocenters. The Balaban J connectivity index is 1.92. The van der Waals surface area contributed by atoms with Crippen LogP contribution >= 0.6 is 0 Å². The second-order valence-electron chi connectivity index (χ2n) is 5.70. The number of hydrogen-bond acceptors (Lipinski definition) is 4. The molecule has 0 saturated heterocycles. The van der Waals surface area contributed by atoms with Crippen LogP contribution in [-0.2, 0) is 4.79 Å². The van der Waals surface area contributed by atoms with Crippen molar-refractivity contribution in [3.8, 4) is 11.5 Å². The maximum Gasteiger partial charge on any atom is 0.347 e. The Morgan fingerprint density at radius 3 is 2.78 bits per heavy atom. The number of hydrogen-bond donors (Lipinski definition) is 1. The minimum atomic E-state index is -0.448. The zero-order chi connectivity index (χ0) is 19.2. The van der Waals surface area contributed by atoms with Gasteiger partial charge in [0.15, 0.2) is 0 Å². The van der Waals surface area contributed by atoms with Gasteiger partial charge in [-0.2, -0.15) is 0 Å². The molecule has 5 heteroatoms. The zero-order valence-electron chi connectivity index (χ0n) is 14.8. The summed E-state index contributed by atoms with van der Waals surface area (Å²) in [7, 11) is 0. The largest absolute Gasteiger partial charge is 0.403 e. The lowest BCUT2D eigenvalue weighted by Crippen LogP contribution is -2.13. The molecular formula is C22H18N2O3. The van der Waals surface area contributed by atoms with Gasteiger partial charge < -0.3 is 9.73 Å². The number of aromatic nitrogens is 1. The third-order valence-electron chi connectivity index (χ3n) is 3.89. The average Bonchev–Trinajstić information content (AvgIpc) is 2.69. The third kappa shape index (κ3) is 4.10. The molecule has 3 aromatic rings. The van der Waals surface area contributed by atoms with Gasteiger partial charge in [-0.25, -0.2) is 9.78 Å². The van der Waals surface area contributed by atoms with E-state index in [0.717, 1.165) is 0 Å². The molecule has 0 bridgehead atoms. The summed E-state index contributed by atoms with van der Waals surface area (Å²) in [6.07, 6.45) is 6.68. The molecule has 134 valence electrons. The second kappa shape index (κ2) is 8.10. The molecule has 1 aromatic heterocycles. The highest BCUT2D eigenvalue weighted by molar-refractivity contribution is 6.05. The van der Waals surface area contributed by atoms with Crippen LogP contribution in [0.3, 0.4) is 0 Å². The number of amides is 1. The first kappa shape index (κ1) is 18.1. The molecular weight excluding hydrogens is 340 g/mol. The molecule has 1 N–H and O–H groups in total. The smallest absolute Gasteiger partial charge is 0.347 e. The normalized spacial score (nSPS) is 11.7. The van der Waals surface area contributed by atoms with Crippen LogP contribution in [-0.4, -0.2) is 10.9 Å². The molecule has 2 aromatic carbocycles. The van der Waals surface area contributed by atoms with E-state index in [1.807, 2.05) is 6.07 Å². The number of benzene rings is 2. The predicted molar refractivity (Wildman–Crippen MR) is 107 cm³/mol. The van der Waals surface area contributed by atoms with E-state index < -0.39 is 5.63 Å². The summed E-state index contributed by atoms with van der Waals surface area (Å²) in [5.74, 6) is -0.0479. The highest BCUT2D eigenvalue weighted by atomic mass is 16.4. The minimum absolute atomic E-state index is 0.201. The molecule has 0 aliphatic rings. The predicted octanol–water partition coefficient (Wildman–Crippen LogP) is 4.48. The van der Waals surface area contributed by atoms with Crippen LogP contribution in [0.2, 0.25) is 0 Å². The number of carbonyl (C=O) groups is 1. The Morgan fingerprint density at radius 1 is 1.19 bits per heavy atom. The van der Waals surface area contributed by atoms with E-state index >= 15 is 0 Å². The standard InChI is InChI=1S/C22H18N2O3/c1-3-5-9-15(4-2)20(25)23-17-11-8-10-16(14-17)21-24-19-13-7-6-12-18(19)22(26)27-21/h3-14H,1H2,2H3,(H,23,25)/b9-5-,15-4+. The summed E-state index contributed by atoms with van der Waals surface area (Å²) in [6.45, 7) is 5.38. The monoisotopic (exact) mass is 358 g/mol. The van der Waals surface area contributed by atoms with E-state index in [2.05, 4.69) is 16.9 Å². The lowest BCUT2D eigenvalue weighted by molar-refractivity contribution is -0.112. The van der Waals surface area contributed by atoms with Crippen molar-refractivity contribution in [2.75, 3.05) is 5.32 Å². The van der Waals surface area contributed by atoms with Gasteiger partial charge in [-0.05, 0) is 43.3 Å². The molecule has 0 fully saturated rings. The lowest BCUT2D eigenvalue weighted by Gasteiger charge is -2.07. The molecule has 27 heavy (non-hydrogen) atoms. The van der Waals surface area contributed by atoms with Gasteiger partial charge in [0.2, 0.25) is 5.89 Å². The molecule has 1 amide bonds. The Hall–Kier alpha value is -3.73. The van der Waals surface area contributed by atoms with E-state index in [0.29, 0.717) is 27.7 Å². The molecule has 0 spiro atoms. The SMILES string of the molecule is C=C/C=C\C(=C/C)C(=O)Nc1cccc(-c2nc3ccccc3c(=O)o2)c1. The number of anilines is 1. The van der Waals surface area contributed by atoms with Crippen LogP contribution < -0.4 is 10.9 Å². The molecule has 0 aliphatic carbocycles. The Kier molecular flexibility index (Phi) is 5.42. The number of nitrogens with one attached hydrogen (secondary N) is 1. The van der Waals surface area contributed by atoms with Crippen molar-refractivity contribution in [2.45, 2.75) is 6.92 Å². The summed E-state index contributed by atoms with van der Waals surface area (Å²) >= 11 is 0. The minimum Gasteiger partial charge on any atom is -0.403 e. The van der Waals surface area contributed by atoms with Gasteiger partial charge in [0, 0.05) is 16.8 Å². The summed E-state index contributed by atoms with van der Waals surface area (Å²) in [4.78, 5) is 28.9. The summed E-state index contributed by atoms with van der Waals surface area (Å²) in [5, 5.41) is 3.25. The first-order valence-electron chi connectivity index (χ1n) is 8.39. The third-order valence-corrected chi connectivity index (χ3v) is 3.89. The van der Waals surface area contributed by atoms with Crippen molar-refractivity contribution in [1.29, 1.82) is 0 Å². The molecule has 0 saturated carbocycles. The molecule has 3 rings (SSSR count). The topological polar surface area (TPSA) is 72.2 Å². The van der Waals surface area contributed by atoms with Gasteiger partial charge in [-0.1, -0.05) is 43.0 Å². The van der Waals surface area contributed by atoms with Crippen LogP contribution in [0.1, 0.15) is 6.92 Å². The van der Waals surface area contributed by atoms with Gasteiger partial charge in [-0.15, -0.1) is 0 Å². The number of para-hydroxylation sites is 1. The quantitative estimate of drug-likeness (QED) is 0.539. The first-order valence-corrected chi connectivity index (χ1v) is 8.39. The van der Waals surface area contributed by atoms with E-state index in [1.165, 1.54) is 0 Å². The van der Waals surface area contributed by atoms with Crippen molar-refractivity contribution < 1.29 is 9.21 Å². The Bertz CT molecular complexity index is 1120. The van der Waals surface area contributed by atoms with Gasteiger partial charge in [0.25, 0.3) is 5.91 Å². The van der Waals surface area contributed by atoms with Gasteiger partial charge in [-0.3, -0.25) is 4.79 Å². The fraction of sp³-hybridized carbons (Fsp3) is 0.0455. The highest BCUT2D eigenvalue weighted by Gasteiger charge is 2.10. The van der Waals surface area contributed by atoms with Crippen LogP contribution in [0.15, 0.2) is 94.2 Å². The molecule has 0 aliphatic heterocycles. The van der Waals surface area contributed by atoms with E-state index in [4.69, 9.17) is 4.42 Å².